The van der Waals surface area contributed by atoms with Gasteiger partial charge in [-0.2, -0.15) is 0 Å². The predicted molar refractivity (Wildman–Crippen MR) is 82.1 cm³/mol. The first-order valence-corrected chi connectivity index (χ1v) is 7.50. The minimum absolute atomic E-state index is 0.0452. The molecule has 1 atom stereocenters. The van der Waals surface area contributed by atoms with Crippen molar-refractivity contribution in [2.24, 2.45) is 5.92 Å². The summed E-state index contributed by atoms with van der Waals surface area (Å²) in [5, 5.41) is 5.07. The van der Waals surface area contributed by atoms with E-state index < -0.39 is 35.2 Å². The fourth-order valence-electron chi connectivity index (χ4n) is 2.12. The van der Waals surface area contributed by atoms with Gasteiger partial charge in [-0.1, -0.05) is 19.9 Å². The highest BCUT2D eigenvalue weighted by molar-refractivity contribution is 5.94. The maximum Gasteiger partial charge on any atom is 0.407 e. The number of carbonyl (C=O) groups is 2. The number of alkyl carbamates (subject to hydrolysis) is 1. The lowest BCUT2D eigenvalue weighted by Crippen LogP contribution is -2.44. The van der Waals surface area contributed by atoms with Crippen LogP contribution >= 0.6 is 0 Å². The fourth-order valence-corrected chi connectivity index (χ4v) is 2.12. The van der Waals surface area contributed by atoms with Crippen molar-refractivity contribution in [2.75, 3.05) is 13.2 Å². The van der Waals surface area contributed by atoms with Crippen molar-refractivity contribution in [2.45, 2.75) is 33.2 Å². The van der Waals surface area contributed by atoms with Crippen molar-refractivity contribution in [1.82, 2.24) is 10.6 Å². The third-order valence-corrected chi connectivity index (χ3v) is 3.05. The zero-order valence-electron chi connectivity index (χ0n) is 13.5. The highest BCUT2D eigenvalue weighted by atomic mass is 19.1. The standard InChI is InChI=1S/C16H22F2N2O3/c1-4-23-16(22)20-11(8-10(2)3)9-19-15(21)14-12(17)6-5-7-13(14)18/h5-7,10-11H,4,8-9H2,1-3H3,(H,19,21)(H,20,22). The molecule has 0 radical (unpaired) electrons. The predicted octanol–water partition coefficient (Wildman–Crippen LogP) is 2.86. The Kier molecular flexibility index (Phi) is 7.44. The summed E-state index contributed by atoms with van der Waals surface area (Å²) < 4.78 is 31.9. The van der Waals surface area contributed by atoms with Gasteiger partial charge >= 0.3 is 6.09 Å². The molecule has 0 aliphatic heterocycles. The topological polar surface area (TPSA) is 67.4 Å². The van der Waals surface area contributed by atoms with Crippen molar-refractivity contribution < 1.29 is 23.1 Å². The Morgan fingerprint density at radius 1 is 1.22 bits per heavy atom. The third kappa shape index (κ3) is 6.22. The molecule has 23 heavy (non-hydrogen) atoms. The molecule has 1 aromatic rings. The van der Waals surface area contributed by atoms with Crippen molar-refractivity contribution in [3.8, 4) is 0 Å². The van der Waals surface area contributed by atoms with Gasteiger partial charge in [-0.15, -0.1) is 0 Å². The SMILES string of the molecule is CCOC(=O)NC(CNC(=O)c1c(F)cccc1F)CC(C)C. The Balaban J connectivity index is 2.69. The molecule has 7 heteroatoms. The number of ether oxygens (including phenoxy) is 1. The zero-order chi connectivity index (χ0) is 17.4. The summed E-state index contributed by atoms with van der Waals surface area (Å²) >= 11 is 0. The van der Waals surface area contributed by atoms with Crippen LogP contribution in [0.1, 0.15) is 37.6 Å². The molecule has 0 saturated heterocycles. The van der Waals surface area contributed by atoms with E-state index in [1.165, 1.54) is 6.07 Å². The van der Waals surface area contributed by atoms with E-state index in [0.29, 0.717) is 6.42 Å². The summed E-state index contributed by atoms with van der Waals surface area (Å²) in [6.07, 6.45) is -0.0109. The second-order valence-electron chi connectivity index (χ2n) is 5.50. The average molecular weight is 328 g/mol. The number of halogens is 2. The van der Waals surface area contributed by atoms with E-state index in [2.05, 4.69) is 10.6 Å². The number of benzene rings is 1. The molecule has 0 aromatic heterocycles. The van der Waals surface area contributed by atoms with Crippen LogP contribution in [0.15, 0.2) is 18.2 Å². The molecule has 5 nitrogen and oxygen atoms in total. The van der Waals surface area contributed by atoms with Crippen LogP contribution in [-0.2, 0) is 4.74 Å². The van der Waals surface area contributed by atoms with E-state index >= 15 is 0 Å². The maximum atomic E-state index is 13.6. The molecule has 1 rings (SSSR count). The normalized spacial score (nSPS) is 11.9. The minimum atomic E-state index is -0.929. The summed E-state index contributed by atoms with van der Waals surface area (Å²) in [5.41, 5.74) is -0.632. The van der Waals surface area contributed by atoms with E-state index in [1.807, 2.05) is 13.8 Å². The molecule has 0 saturated carbocycles. The van der Waals surface area contributed by atoms with Gasteiger partial charge in [0, 0.05) is 12.6 Å². The summed E-state index contributed by atoms with van der Waals surface area (Å²) in [6.45, 7) is 5.87. The summed E-state index contributed by atoms with van der Waals surface area (Å²) in [6, 6.07) is 2.82. The van der Waals surface area contributed by atoms with Crippen LogP contribution in [0.4, 0.5) is 13.6 Å². The monoisotopic (exact) mass is 328 g/mol. The van der Waals surface area contributed by atoms with Crippen molar-refractivity contribution in [3.63, 3.8) is 0 Å². The van der Waals surface area contributed by atoms with Crippen LogP contribution in [0.3, 0.4) is 0 Å². The number of amides is 2. The molecule has 1 unspecified atom stereocenters. The second kappa shape index (κ2) is 9.07. The van der Waals surface area contributed by atoms with Gasteiger partial charge < -0.3 is 15.4 Å². The minimum Gasteiger partial charge on any atom is -0.450 e. The van der Waals surface area contributed by atoms with E-state index in [1.54, 1.807) is 6.92 Å². The first kappa shape index (κ1) is 18.9. The molecule has 2 amide bonds. The van der Waals surface area contributed by atoms with Gasteiger partial charge in [0.05, 0.1) is 6.61 Å². The van der Waals surface area contributed by atoms with Crippen LogP contribution in [0.25, 0.3) is 0 Å². The highest BCUT2D eigenvalue weighted by Gasteiger charge is 2.20. The summed E-state index contributed by atoms with van der Waals surface area (Å²) in [4.78, 5) is 23.4. The molecular formula is C16H22F2N2O3. The molecule has 0 aliphatic rings. The number of hydrogen-bond acceptors (Lipinski definition) is 3. The van der Waals surface area contributed by atoms with Crippen LogP contribution in [0.2, 0.25) is 0 Å². The molecule has 0 bridgehead atoms. The molecule has 128 valence electrons. The summed E-state index contributed by atoms with van der Waals surface area (Å²) in [5.74, 6) is -2.47. The van der Waals surface area contributed by atoms with Gasteiger partial charge in [0.25, 0.3) is 5.91 Å². The number of hydrogen-bond donors (Lipinski definition) is 2. The van der Waals surface area contributed by atoms with Crippen LogP contribution < -0.4 is 10.6 Å². The highest BCUT2D eigenvalue weighted by Crippen LogP contribution is 2.12. The van der Waals surface area contributed by atoms with Crippen molar-refractivity contribution in [3.05, 3.63) is 35.4 Å². The van der Waals surface area contributed by atoms with Crippen LogP contribution in [0, 0.1) is 17.6 Å². The van der Waals surface area contributed by atoms with Crippen LogP contribution in [0.5, 0.6) is 0 Å². The second-order valence-corrected chi connectivity index (χ2v) is 5.50. The van der Waals surface area contributed by atoms with E-state index in [0.717, 1.165) is 12.1 Å². The van der Waals surface area contributed by atoms with Crippen molar-refractivity contribution >= 4 is 12.0 Å². The van der Waals surface area contributed by atoms with Crippen molar-refractivity contribution in [1.29, 1.82) is 0 Å². The first-order chi connectivity index (χ1) is 10.8. The smallest absolute Gasteiger partial charge is 0.407 e. The Bertz CT molecular complexity index is 530. The number of rotatable bonds is 7. The number of carbonyl (C=O) groups excluding carboxylic acids is 2. The summed E-state index contributed by atoms with van der Waals surface area (Å²) in [7, 11) is 0. The maximum absolute atomic E-state index is 13.6. The molecule has 0 aliphatic carbocycles. The molecule has 0 spiro atoms. The van der Waals surface area contributed by atoms with Gasteiger partial charge in [0.1, 0.15) is 17.2 Å². The van der Waals surface area contributed by atoms with Gasteiger partial charge in [-0.05, 0) is 31.4 Å². The van der Waals surface area contributed by atoms with Crippen LogP contribution in [-0.4, -0.2) is 31.2 Å². The Hall–Kier alpha value is -2.18. The van der Waals surface area contributed by atoms with Gasteiger partial charge in [-0.3, -0.25) is 4.79 Å². The fraction of sp³-hybridized carbons (Fsp3) is 0.500. The largest absolute Gasteiger partial charge is 0.450 e. The van der Waals surface area contributed by atoms with Gasteiger partial charge in [0.15, 0.2) is 0 Å². The number of nitrogens with one attached hydrogen (secondary N) is 2. The van der Waals surface area contributed by atoms with E-state index in [4.69, 9.17) is 4.74 Å². The molecule has 0 heterocycles. The van der Waals surface area contributed by atoms with E-state index in [9.17, 15) is 18.4 Å². The Labute approximate surface area is 134 Å². The van der Waals surface area contributed by atoms with E-state index in [-0.39, 0.29) is 19.1 Å². The molecule has 0 fully saturated rings. The van der Waals surface area contributed by atoms with Gasteiger partial charge in [-0.25, -0.2) is 13.6 Å². The lowest BCUT2D eigenvalue weighted by atomic mass is 10.0. The molecule has 1 aromatic carbocycles. The lowest BCUT2D eigenvalue weighted by molar-refractivity contribution is 0.0936. The Morgan fingerprint density at radius 2 is 1.83 bits per heavy atom. The Morgan fingerprint density at radius 3 is 2.35 bits per heavy atom. The van der Waals surface area contributed by atoms with Gasteiger partial charge in [0.2, 0.25) is 0 Å². The quantitative estimate of drug-likeness (QED) is 0.809. The molecule has 2 N–H and O–H groups in total. The zero-order valence-corrected chi connectivity index (χ0v) is 13.5. The average Bonchev–Trinajstić information content (AvgIpc) is 2.44. The molecular weight excluding hydrogens is 306 g/mol. The first-order valence-electron chi connectivity index (χ1n) is 7.50. The lowest BCUT2D eigenvalue weighted by Gasteiger charge is -2.21. The third-order valence-electron chi connectivity index (χ3n) is 3.05.